The van der Waals surface area contributed by atoms with Crippen molar-refractivity contribution in [3.63, 3.8) is 0 Å². The summed E-state index contributed by atoms with van der Waals surface area (Å²) in [6.07, 6.45) is 2.09. The molecular weight excluding hydrogens is 360 g/mol. The van der Waals surface area contributed by atoms with Gasteiger partial charge in [0.25, 0.3) is 11.2 Å². The van der Waals surface area contributed by atoms with E-state index in [9.17, 15) is 23.3 Å². The van der Waals surface area contributed by atoms with Crippen LogP contribution in [-0.4, -0.2) is 29.7 Å². The van der Waals surface area contributed by atoms with E-state index in [1.54, 1.807) is 13.0 Å². The molecule has 1 saturated carbocycles. The van der Waals surface area contributed by atoms with Crippen LogP contribution in [0.15, 0.2) is 40.0 Å². The summed E-state index contributed by atoms with van der Waals surface area (Å²) in [4.78, 5) is 21.9. The maximum absolute atomic E-state index is 12.4. The van der Waals surface area contributed by atoms with Gasteiger partial charge in [-0.05, 0) is 31.4 Å². The van der Waals surface area contributed by atoms with Crippen LogP contribution in [0.5, 0.6) is 0 Å². The van der Waals surface area contributed by atoms with E-state index < -0.39 is 14.9 Å². The van der Waals surface area contributed by atoms with Crippen molar-refractivity contribution < 1.29 is 13.3 Å². The summed E-state index contributed by atoms with van der Waals surface area (Å²) in [6, 6.07) is 6.79. The summed E-state index contributed by atoms with van der Waals surface area (Å²) in [5, 5.41) is 15.1. The Balaban J connectivity index is 1.73. The number of aromatic nitrogens is 2. The van der Waals surface area contributed by atoms with Crippen LogP contribution >= 0.6 is 0 Å². The van der Waals surface area contributed by atoms with Crippen LogP contribution < -0.4 is 10.3 Å². The van der Waals surface area contributed by atoms with Crippen molar-refractivity contribution in [3.05, 3.63) is 62.1 Å². The number of hydrogen-bond acceptors (Lipinski definition) is 6. The van der Waals surface area contributed by atoms with E-state index in [0.29, 0.717) is 11.5 Å². The highest BCUT2D eigenvalue weighted by atomic mass is 32.2. The highest BCUT2D eigenvalue weighted by molar-refractivity contribution is 7.89. The fourth-order valence-electron chi connectivity index (χ4n) is 2.58. The van der Waals surface area contributed by atoms with Crippen molar-refractivity contribution in [3.8, 4) is 0 Å². The highest BCUT2D eigenvalue weighted by Crippen LogP contribution is 2.38. The zero-order valence-corrected chi connectivity index (χ0v) is 14.9. The van der Waals surface area contributed by atoms with Gasteiger partial charge in [0.05, 0.1) is 22.1 Å². The van der Waals surface area contributed by atoms with Gasteiger partial charge in [-0.3, -0.25) is 14.9 Å². The highest BCUT2D eigenvalue weighted by Gasteiger charge is 2.25. The minimum Gasteiger partial charge on any atom is -0.268 e. The van der Waals surface area contributed by atoms with Gasteiger partial charge in [0, 0.05) is 30.7 Å². The molecule has 0 radical (unpaired) electrons. The molecule has 1 aliphatic carbocycles. The lowest BCUT2D eigenvalue weighted by molar-refractivity contribution is -0.385. The number of nitro benzene ring substituents is 1. The van der Waals surface area contributed by atoms with Crippen molar-refractivity contribution in [1.82, 2.24) is 14.5 Å². The Kier molecular flexibility index (Phi) is 4.88. The predicted octanol–water partition coefficient (Wildman–Crippen LogP) is 1.32. The number of hydrogen-bond donors (Lipinski definition) is 1. The van der Waals surface area contributed by atoms with Crippen molar-refractivity contribution in [2.24, 2.45) is 0 Å². The summed E-state index contributed by atoms with van der Waals surface area (Å²) >= 11 is 0. The summed E-state index contributed by atoms with van der Waals surface area (Å²) < 4.78 is 28.5. The van der Waals surface area contributed by atoms with E-state index in [1.165, 1.54) is 22.9 Å². The maximum atomic E-state index is 12.4. The van der Waals surface area contributed by atoms with Gasteiger partial charge in [0.15, 0.2) is 0 Å². The quantitative estimate of drug-likeness (QED) is 0.572. The van der Waals surface area contributed by atoms with Gasteiger partial charge < -0.3 is 0 Å². The molecule has 0 bridgehead atoms. The average molecular weight is 378 g/mol. The lowest BCUT2D eigenvalue weighted by atomic mass is 10.2. The van der Waals surface area contributed by atoms with E-state index in [4.69, 9.17) is 0 Å². The number of rotatable bonds is 7. The first kappa shape index (κ1) is 18.2. The molecule has 0 saturated heterocycles. The number of non-ortho nitro benzene ring substituents is 1. The standard InChI is InChI=1S/C16H18N4O5S/c1-11-2-5-13(20(22)23)10-15(11)26(24,25)17-8-9-19-16(21)7-6-14(18-19)12-3-4-12/h2,5-7,10,12,17H,3-4,8-9H2,1H3. The molecule has 0 atom stereocenters. The van der Waals surface area contributed by atoms with Crippen molar-refractivity contribution in [2.45, 2.75) is 37.1 Å². The number of benzene rings is 1. The maximum Gasteiger partial charge on any atom is 0.270 e. The third-order valence-electron chi connectivity index (χ3n) is 4.17. The van der Waals surface area contributed by atoms with Crippen LogP contribution in [0.4, 0.5) is 5.69 Å². The summed E-state index contributed by atoms with van der Waals surface area (Å²) in [5.74, 6) is 0.381. The molecule has 1 aromatic heterocycles. The van der Waals surface area contributed by atoms with Crippen LogP contribution in [0.2, 0.25) is 0 Å². The third-order valence-corrected chi connectivity index (χ3v) is 5.77. The Morgan fingerprint density at radius 2 is 2.04 bits per heavy atom. The second-order valence-corrected chi connectivity index (χ2v) is 7.93. The van der Waals surface area contributed by atoms with Crippen molar-refractivity contribution >= 4 is 15.7 Å². The number of sulfonamides is 1. The number of nitro groups is 1. The molecule has 9 nitrogen and oxygen atoms in total. The molecule has 2 aromatic rings. The van der Waals surface area contributed by atoms with Gasteiger partial charge in [-0.1, -0.05) is 6.07 Å². The first-order valence-corrected chi connectivity index (χ1v) is 9.59. The lowest BCUT2D eigenvalue weighted by Crippen LogP contribution is -2.32. The van der Waals surface area contributed by atoms with E-state index in [1.807, 2.05) is 0 Å². The SMILES string of the molecule is Cc1ccc([N+](=O)[O-])cc1S(=O)(=O)NCCn1nc(C2CC2)ccc1=O. The minimum atomic E-state index is -3.94. The number of nitrogens with one attached hydrogen (secondary N) is 1. The van der Waals surface area contributed by atoms with Crippen LogP contribution in [-0.2, 0) is 16.6 Å². The van der Waals surface area contributed by atoms with Gasteiger partial charge >= 0.3 is 0 Å². The molecule has 1 heterocycles. The summed E-state index contributed by atoms with van der Waals surface area (Å²) in [6.45, 7) is 1.58. The fourth-order valence-corrected chi connectivity index (χ4v) is 3.86. The van der Waals surface area contributed by atoms with Gasteiger partial charge in [0.1, 0.15) is 0 Å². The third kappa shape index (κ3) is 3.97. The van der Waals surface area contributed by atoms with E-state index in [-0.39, 0.29) is 29.2 Å². The predicted molar refractivity (Wildman–Crippen MR) is 93.5 cm³/mol. The van der Waals surface area contributed by atoms with Gasteiger partial charge in [-0.25, -0.2) is 17.8 Å². The zero-order chi connectivity index (χ0) is 18.9. The molecule has 1 aliphatic rings. The Bertz CT molecular complexity index is 1010. The Morgan fingerprint density at radius 1 is 1.31 bits per heavy atom. The molecule has 0 amide bonds. The molecule has 0 spiro atoms. The van der Waals surface area contributed by atoms with Gasteiger partial charge in [0.2, 0.25) is 10.0 Å². The van der Waals surface area contributed by atoms with Crippen molar-refractivity contribution in [1.29, 1.82) is 0 Å². The summed E-state index contributed by atoms with van der Waals surface area (Å²) in [7, 11) is -3.94. The molecule has 0 unspecified atom stereocenters. The van der Waals surface area contributed by atoms with Crippen LogP contribution in [0, 0.1) is 17.0 Å². The molecule has 1 aromatic carbocycles. The molecule has 1 N–H and O–H groups in total. The molecule has 10 heteroatoms. The minimum absolute atomic E-state index is 0.0501. The average Bonchev–Trinajstić information content (AvgIpc) is 3.41. The molecular formula is C16H18N4O5S. The van der Waals surface area contributed by atoms with Crippen LogP contribution in [0.25, 0.3) is 0 Å². The first-order chi connectivity index (χ1) is 12.3. The Labute approximate surface area is 149 Å². The second-order valence-electron chi connectivity index (χ2n) is 6.20. The lowest BCUT2D eigenvalue weighted by Gasteiger charge is -2.10. The van der Waals surface area contributed by atoms with Gasteiger partial charge in [-0.15, -0.1) is 0 Å². The number of nitrogens with zero attached hydrogens (tertiary/aromatic N) is 3. The molecule has 26 heavy (non-hydrogen) atoms. The molecule has 3 rings (SSSR count). The normalized spacial score (nSPS) is 14.3. The topological polar surface area (TPSA) is 124 Å². The molecule has 0 aliphatic heterocycles. The number of aryl methyl sites for hydroxylation is 1. The molecule has 1 fully saturated rings. The smallest absolute Gasteiger partial charge is 0.268 e. The Morgan fingerprint density at radius 3 is 2.69 bits per heavy atom. The monoisotopic (exact) mass is 378 g/mol. The summed E-state index contributed by atoms with van der Waals surface area (Å²) in [5.41, 5.74) is 0.627. The Hall–Kier alpha value is -2.59. The zero-order valence-electron chi connectivity index (χ0n) is 14.1. The van der Waals surface area contributed by atoms with Crippen LogP contribution in [0.1, 0.15) is 30.0 Å². The first-order valence-electron chi connectivity index (χ1n) is 8.11. The van der Waals surface area contributed by atoms with Crippen LogP contribution in [0.3, 0.4) is 0 Å². The molecule has 138 valence electrons. The largest absolute Gasteiger partial charge is 0.270 e. The van der Waals surface area contributed by atoms with Gasteiger partial charge in [-0.2, -0.15) is 5.10 Å². The second kappa shape index (κ2) is 6.96. The van der Waals surface area contributed by atoms with E-state index >= 15 is 0 Å². The van der Waals surface area contributed by atoms with E-state index in [0.717, 1.165) is 24.6 Å². The van der Waals surface area contributed by atoms with E-state index in [2.05, 4.69) is 9.82 Å². The van der Waals surface area contributed by atoms with Crippen molar-refractivity contribution in [2.75, 3.05) is 6.54 Å². The fraction of sp³-hybridized carbons (Fsp3) is 0.375.